The molecule has 0 radical (unpaired) electrons. The molecule has 104 valence electrons. The molecule has 0 heterocycles. The van der Waals surface area contributed by atoms with E-state index in [1.807, 2.05) is 4.90 Å². The van der Waals surface area contributed by atoms with E-state index >= 15 is 0 Å². The molecule has 0 bridgehead atoms. The SMILES string of the molecule is NC(=O)CN(Cc1cc(Cl)ccc1O)C1CCCC1. The van der Waals surface area contributed by atoms with E-state index in [0.29, 0.717) is 17.6 Å². The summed E-state index contributed by atoms with van der Waals surface area (Å²) < 4.78 is 0. The maximum Gasteiger partial charge on any atom is 0.231 e. The minimum absolute atomic E-state index is 0.205. The highest BCUT2D eigenvalue weighted by Gasteiger charge is 2.24. The largest absolute Gasteiger partial charge is 0.508 e. The minimum atomic E-state index is -0.339. The molecule has 0 saturated heterocycles. The standard InChI is InChI=1S/C14H19ClN2O2/c15-11-5-6-13(18)10(7-11)8-17(9-14(16)19)12-3-1-2-4-12/h5-7,12,18H,1-4,8-9H2,(H2,16,19). The van der Waals surface area contributed by atoms with E-state index in [9.17, 15) is 9.90 Å². The number of phenols is 1. The molecule has 0 aliphatic heterocycles. The number of rotatable bonds is 5. The van der Waals surface area contributed by atoms with Gasteiger partial charge in [0, 0.05) is 23.2 Å². The topological polar surface area (TPSA) is 66.6 Å². The molecule has 1 aliphatic carbocycles. The van der Waals surface area contributed by atoms with Crippen LogP contribution in [0, 0.1) is 0 Å². The number of aromatic hydroxyl groups is 1. The lowest BCUT2D eigenvalue weighted by molar-refractivity contribution is -0.119. The Labute approximate surface area is 118 Å². The van der Waals surface area contributed by atoms with Crippen LogP contribution in [-0.4, -0.2) is 28.5 Å². The Morgan fingerprint density at radius 1 is 1.42 bits per heavy atom. The van der Waals surface area contributed by atoms with Gasteiger partial charge in [-0.25, -0.2) is 0 Å². The number of primary amides is 1. The van der Waals surface area contributed by atoms with Gasteiger partial charge in [-0.1, -0.05) is 24.4 Å². The molecule has 1 aliphatic rings. The van der Waals surface area contributed by atoms with Gasteiger partial charge in [-0.05, 0) is 31.0 Å². The second-order valence-electron chi connectivity index (χ2n) is 5.08. The van der Waals surface area contributed by atoms with Crippen molar-refractivity contribution >= 4 is 17.5 Å². The molecule has 3 N–H and O–H groups in total. The number of hydrogen-bond donors (Lipinski definition) is 2. The Morgan fingerprint density at radius 2 is 2.11 bits per heavy atom. The molecule has 0 aromatic heterocycles. The van der Waals surface area contributed by atoms with Crippen LogP contribution in [0.3, 0.4) is 0 Å². The number of amides is 1. The summed E-state index contributed by atoms with van der Waals surface area (Å²) in [7, 11) is 0. The fraction of sp³-hybridized carbons (Fsp3) is 0.500. The predicted octanol–water partition coefficient (Wildman–Crippen LogP) is 2.28. The second-order valence-corrected chi connectivity index (χ2v) is 5.52. The Kier molecular flexibility index (Phi) is 4.66. The zero-order chi connectivity index (χ0) is 13.8. The summed E-state index contributed by atoms with van der Waals surface area (Å²) in [6.07, 6.45) is 4.52. The summed E-state index contributed by atoms with van der Waals surface area (Å²) in [5.74, 6) is -0.134. The average molecular weight is 283 g/mol. The molecule has 0 atom stereocenters. The Morgan fingerprint density at radius 3 is 2.74 bits per heavy atom. The van der Waals surface area contributed by atoms with Crippen LogP contribution in [0.1, 0.15) is 31.2 Å². The first-order valence-electron chi connectivity index (χ1n) is 6.56. The van der Waals surface area contributed by atoms with E-state index in [2.05, 4.69) is 0 Å². The maximum absolute atomic E-state index is 11.2. The third kappa shape index (κ3) is 3.85. The lowest BCUT2D eigenvalue weighted by atomic mass is 10.1. The molecule has 1 aromatic carbocycles. The van der Waals surface area contributed by atoms with Gasteiger partial charge in [-0.15, -0.1) is 0 Å². The van der Waals surface area contributed by atoms with Crippen molar-refractivity contribution < 1.29 is 9.90 Å². The van der Waals surface area contributed by atoms with Gasteiger partial charge in [0.1, 0.15) is 5.75 Å². The molecule has 0 unspecified atom stereocenters. The van der Waals surface area contributed by atoms with Crippen molar-refractivity contribution in [2.45, 2.75) is 38.3 Å². The molecule has 1 fully saturated rings. The van der Waals surface area contributed by atoms with Crippen LogP contribution in [0.4, 0.5) is 0 Å². The van der Waals surface area contributed by atoms with Gasteiger partial charge >= 0.3 is 0 Å². The van der Waals surface area contributed by atoms with Gasteiger partial charge in [0.15, 0.2) is 0 Å². The predicted molar refractivity (Wildman–Crippen MR) is 75.0 cm³/mol. The number of phenolic OH excluding ortho intramolecular Hbond substituents is 1. The smallest absolute Gasteiger partial charge is 0.231 e. The van der Waals surface area contributed by atoms with Crippen LogP contribution in [0.5, 0.6) is 5.75 Å². The van der Waals surface area contributed by atoms with Crippen molar-refractivity contribution in [1.82, 2.24) is 4.90 Å². The number of carbonyl (C=O) groups is 1. The Hall–Kier alpha value is -1.26. The van der Waals surface area contributed by atoms with Gasteiger partial charge in [0.25, 0.3) is 0 Å². The summed E-state index contributed by atoms with van der Waals surface area (Å²) in [6.45, 7) is 0.719. The number of nitrogens with zero attached hydrogens (tertiary/aromatic N) is 1. The summed E-state index contributed by atoms with van der Waals surface area (Å²) in [4.78, 5) is 13.2. The van der Waals surface area contributed by atoms with Crippen LogP contribution in [0.2, 0.25) is 5.02 Å². The van der Waals surface area contributed by atoms with Crippen molar-refractivity contribution in [1.29, 1.82) is 0 Å². The normalized spacial score (nSPS) is 16.1. The summed E-state index contributed by atoms with van der Waals surface area (Å²) in [5, 5.41) is 10.4. The summed E-state index contributed by atoms with van der Waals surface area (Å²) >= 11 is 5.94. The second kappa shape index (κ2) is 6.26. The van der Waals surface area contributed by atoms with Crippen LogP contribution in [0.25, 0.3) is 0 Å². The van der Waals surface area contributed by atoms with E-state index in [-0.39, 0.29) is 18.2 Å². The van der Waals surface area contributed by atoms with E-state index in [1.165, 1.54) is 12.8 Å². The monoisotopic (exact) mass is 282 g/mol. The Bertz CT molecular complexity index is 459. The number of nitrogens with two attached hydrogens (primary N) is 1. The number of halogens is 1. The van der Waals surface area contributed by atoms with Crippen LogP contribution >= 0.6 is 11.6 Å². The quantitative estimate of drug-likeness (QED) is 0.871. The number of benzene rings is 1. The van der Waals surface area contributed by atoms with Crippen molar-refractivity contribution in [3.05, 3.63) is 28.8 Å². The number of hydrogen-bond acceptors (Lipinski definition) is 3. The fourth-order valence-electron chi connectivity index (χ4n) is 2.68. The van der Waals surface area contributed by atoms with Crippen LogP contribution in [0.15, 0.2) is 18.2 Å². The van der Waals surface area contributed by atoms with Gasteiger partial charge < -0.3 is 10.8 Å². The maximum atomic E-state index is 11.2. The molecule has 1 saturated carbocycles. The van der Waals surface area contributed by atoms with E-state index in [1.54, 1.807) is 18.2 Å². The van der Waals surface area contributed by atoms with Crippen molar-refractivity contribution in [3.63, 3.8) is 0 Å². The summed E-state index contributed by atoms with van der Waals surface area (Å²) in [5.41, 5.74) is 6.05. The van der Waals surface area contributed by atoms with Crippen LogP contribution in [-0.2, 0) is 11.3 Å². The van der Waals surface area contributed by atoms with Crippen LogP contribution < -0.4 is 5.73 Å². The van der Waals surface area contributed by atoms with E-state index in [0.717, 1.165) is 18.4 Å². The molecular formula is C14H19ClN2O2. The van der Waals surface area contributed by atoms with Crippen molar-refractivity contribution in [2.75, 3.05) is 6.54 Å². The third-order valence-corrected chi connectivity index (χ3v) is 3.85. The fourth-order valence-corrected chi connectivity index (χ4v) is 2.88. The van der Waals surface area contributed by atoms with Crippen molar-refractivity contribution in [3.8, 4) is 5.75 Å². The van der Waals surface area contributed by atoms with E-state index < -0.39 is 0 Å². The van der Waals surface area contributed by atoms with E-state index in [4.69, 9.17) is 17.3 Å². The number of carbonyl (C=O) groups excluding carboxylic acids is 1. The lowest BCUT2D eigenvalue weighted by Crippen LogP contribution is -2.39. The Balaban J connectivity index is 2.14. The van der Waals surface area contributed by atoms with Gasteiger partial charge in [0.2, 0.25) is 5.91 Å². The molecular weight excluding hydrogens is 264 g/mol. The molecule has 19 heavy (non-hydrogen) atoms. The zero-order valence-corrected chi connectivity index (χ0v) is 11.6. The molecule has 1 aromatic rings. The molecule has 4 nitrogen and oxygen atoms in total. The molecule has 1 amide bonds. The highest BCUT2D eigenvalue weighted by molar-refractivity contribution is 6.30. The first-order valence-corrected chi connectivity index (χ1v) is 6.94. The highest BCUT2D eigenvalue weighted by atomic mass is 35.5. The third-order valence-electron chi connectivity index (χ3n) is 3.61. The lowest BCUT2D eigenvalue weighted by Gasteiger charge is -2.27. The van der Waals surface area contributed by atoms with Gasteiger partial charge in [-0.3, -0.25) is 9.69 Å². The first kappa shape index (κ1) is 14.2. The molecule has 2 rings (SSSR count). The molecule has 0 spiro atoms. The highest BCUT2D eigenvalue weighted by Crippen LogP contribution is 2.28. The minimum Gasteiger partial charge on any atom is -0.508 e. The average Bonchev–Trinajstić information content (AvgIpc) is 2.86. The summed E-state index contributed by atoms with van der Waals surface area (Å²) in [6, 6.07) is 5.33. The first-order chi connectivity index (χ1) is 9.06. The molecule has 5 heteroatoms. The zero-order valence-electron chi connectivity index (χ0n) is 10.8. The van der Waals surface area contributed by atoms with Crippen molar-refractivity contribution in [2.24, 2.45) is 5.73 Å². The van der Waals surface area contributed by atoms with Gasteiger partial charge in [-0.2, -0.15) is 0 Å². The van der Waals surface area contributed by atoms with Gasteiger partial charge in [0.05, 0.1) is 6.54 Å².